The van der Waals surface area contributed by atoms with Crippen LogP contribution in [-0.4, -0.2) is 4.98 Å². The fraction of sp³-hybridized carbons (Fsp3) is 0.0952. The monoisotopic (exact) mass is 329 g/mol. The smallest absolute Gasteiger partial charge is 0.152 e. The van der Waals surface area contributed by atoms with E-state index in [1.807, 2.05) is 18.2 Å². The Hall–Kier alpha value is -2.49. The number of benzene rings is 3. The molecule has 1 saturated heterocycles. The number of para-hydroxylation sites is 1. The van der Waals surface area contributed by atoms with Crippen LogP contribution >= 0.6 is 11.3 Å². The molecule has 24 heavy (non-hydrogen) atoms. The molecule has 1 aliphatic heterocycles. The molecule has 0 bridgehead atoms. The predicted molar refractivity (Wildman–Crippen MR) is 97.1 cm³/mol. The SMILES string of the molecule is c1ccc(C2(c3ccccc3)OC2c2nc3ccccc3s2)cc1. The molecule has 116 valence electrons. The van der Waals surface area contributed by atoms with Gasteiger partial charge < -0.3 is 4.74 Å². The lowest BCUT2D eigenvalue weighted by Gasteiger charge is -2.13. The molecule has 3 aromatic carbocycles. The van der Waals surface area contributed by atoms with Gasteiger partial charge in [0.15, 0.2) is 5.60 Å². The van der Waals surface area contributed by atoms with Crippen LogP contribution < -0.4 is 0 Å². The first-order valence-corrected chi connectivity index (χ1v) is 8.84. The molecule has 1 fully saturated rings. The van der Waals surface area contributed by atoms with E-state index >= 15 is 0 Å². The van der Waals surface area contributed by atoms with E-state index < -0.39 is 5.60 Å². The normalized spacial score (nSPS) is 18.6. The molecule has 0 spiro atoms. The minimum atomic E-state index is -0.420. The van der Waals surface area contributed by atoms with Crippen LogP contribution in [0.1, 0.15) is 22.2 Å². The maximum Gasteiger partial charge on any atom is 0.152 e. The number of hydrogen-bond donors (Lipinski definition) is 0. The van der Waals surface area contributed by atoms with Crippen molar-refractivity contribution in [3.05, 3.63) is 101 Å². The Morgan fingerprint density at radius 2 is 1.33 bits per heavy atom. The molecule has 3 heteroatoms. The first-order chi connectivity index (χ1) is 11.9. The van der Waals surface area contributed by atoms with Gasteiger partial charge in [-0.15, -0.1) is 11.3 Å². The fourth-order valence-electron chi connectivity index (χ4n) is 3.36. The molecule has 1 aliphatic rings. The van der Waals surface area contributed by atoms with Crippen molar-refractivity contribution >= 4 is 21.6 Å². The van der Waals surface area contributed by atoms with Gasteiger partial charge in [0.25, 0.3) is 0 Å². The Labute approximate surface area is 144 Å². The third-order valence-corrected chi connectivity index (χ3v) is 5.64. The lowest BCUT2D eigenvalue weighted by Crippen LogP contribution is -2.12. The highest BCUT2D eigenvalue weighted by Crippen LogP contribution is 2.61. The van der Waals surface area contributed by atoms with E-state index in [1.54, 1.807) is 11.3 Å². The van der Waals surface area contributed by atoms with Crippen molar-refractivity contribution in [3.8, 4) is 0 Å². The lowest BCUT2D eigenvalue weighted by molar-refractivity contribution is 0.329. The van der Waals surface area contributed by atoms with Crippen LogP contribution in [0, 0.1) is 0 Å². The molecule has 0 amide bonds. The fourth-order valence-corrected chi connectivity index (χ4v) is 4.41. The molecule has 1 aromatic heterocycles. The van der Waals surface area contributed by atoms with Crippen molar-refractivity contribution in [2.45, 2.75) is 11.7 Å². The number of fused-ring (bicyclic) bond motifs is 1. The third-order valence-electron chi connectivity index (χ3n) is 4.56. The molecular weight excluding hydrogens is 314 g/mol. The van der Waals surface area contributed by atoms with Crippen LogP contribution in [0.5, 0.6) is 0 Å². The molecule has 4 aromatic rings. The number of aromatic nitrogens is 1. The summed E-state index contributed by atoms with van der Waals surface area (Å²) in [5.41, 5.74) is 2.99. The summed E-state index contributed by atoms with van der Waals surface area (Å²) in [4.78, 5) is 4.81. The molecule has 0 saturated carbocycles. The van der Waals surface area contributed by atoms with Gasteiger partial charge in [-0.2, -0.15) is 0 Å². The zero-order valence-corrected chi connectivity index (χ0v) is 13.7. The van der Waals surface area contributed by atoms with E-state index in [1.165, 1.54) is 15.8 Å². The van der Waals surface area contributed by atoms with Crippen molar-refractivity contribution in [2.24, 2.45) is 0 Å². The Kier molecular flexibility index (Phi) is 3.05. The number of hydrogen-bond acceptors (Lipinski definition) is 3. The van der Waals surface area contributed by atoms with Crippen LogP contribution in [0.2, 0.25) is 0 Å². The highest BCUT2D eigenvalue weighted by molar-refractivity contribution is 7.18. The van der Waals surface area contributed by atoms with Crippen molar-refractivity contribution < 1.29 is 4.74 Å². The van der Waals surface area contributed by atoms with Crippen LogP contribution in [0.3, 0.4) is 0 Å². The standard InChI is InChI=1S/C21H15NOS/c1-3-9-15(10-4-1)21(16-11-5-2-6-12-16)19(23-21)20-22-17-13-7-8-14-18(17)24-20/h1-14,19H. The maximum absolute atomic E-state index is 6.34. The molecule has 5 rings (SSSR count). The summed E-state index contributed by atoms with van der Waals surface area (Å²) in [7, 11) is 0. The van der Waals surface area contributed by atoms with Crippen LogP contribution in [0.15, 0.2) is 84.9 Å². The first-order valence-electron chi connectivity index (χ1n) is 8.02. The highest BCUT2D eigenvalue weighted by atomic mass is 32.1. The summed E-state index contributed by atoms with van der Waals surface area (Å²) in [6, 6.07) is 29.2. The Balaban J connectivity index is 1.65. The minimum absolute atomic E-state index is 0.0281. The van der Waals surface area contributed by atoms with Crippen molar-refractivity contribution in [3.63, 3.8) is 0 Å². The second kappa shape index (κ2) is 5.26. The van der Waals surface area contributed by atoms with E-state index in [9.17, 15) is 0 Å². The predicted octanol–water partition coefficient (Wildman–Crippen LogP) is 5.31. The summed E-state index contributed by atoms with van der Waals surface area (Å²) >= 11 is 1.72. The van der Waals surface area contributed by atoms with Gasteiger partial charge in [0.05, 0.1) is 10.2 Å². The molecule has 1 atom stereocenters. The molecular formula is C21H15NOS. The van der Waals surface area contributed by atoms with Gasteiger partial charge in [-0.1, -0.05) is 72.8 Å². The number of ether oxygens (including phenoxy) is 1. The molecule has 1 unspecified atom stereocenters. The number of nitrogens with zero attached hydrogens (tertiary/aromatic N) is 1. The summed E-state index contributed by atoms with van der Waals surface area (Å²) in [5.74, 6) is 0. The quantitative estimate of drug-likeness (QED) is 0.476. The molecule has 0 N–H and O–H groups in total. The van der Waals surface area contributed by atoms with E-state index in [2.05, 4.69) is 66.7 Å². The lowest BCUT2D eigenvalue weighted by atomic mass is 9.88. The van der Waals surface area contributed by atoms with Crippen LogP contribution in [0.4, 0.5) is 0 Å². The summed E-state index contributed by atoms with van der Waals surface area (Å²) in [6.45, 7) is 0. The molecule has 0 aliphatic carbocycles. The average Bonchev–Trinajstić information content (AvgIpc) is 3.28. The Morgan fingerprint density at radius 3 is 1.96 bits per heavy atom. The summed E-state index contributed by atoms with van der Waals surface area (Å²) in [5, 5.41) is 1.05. The van der Waals surface area contributed by atoms with Gasteiger partial charge in [-0.05, 0) is 23.3 Å². The highest BCUT2D eigenvalue weighted by Gasteiger charge is 2.61. The van der Waals surface area contributed by atoms with Crippen LogP contribution in [-0.2, 0) is 10.3 Å². The Bertz CT molecular complexity index is 921. The van der Waals surface area contributed by atoms with Gasteiger partial charge in [0, 0.05) is 0 Å². The Morgan fingerprint density at radius 1 is 0.750 bits per heavy atom. The van der Waals surface area contributed by atoms with E-state index in [0.717, 1.165) is 10.5 Å². The van der Waals surface area contributed by atoms with Gasteiger partial charge in [0.2, 0.25) is 0 Å². The first kappa shape index (κ1) is 13.9. The summed E-state index contributed by atoms with van der Waals surface area (Å²) < 4.78 is 7.55. The summed E-state index contributed by atoms with van der Waals surface area (Å²) in [6.07, 6.45) is -0.0281. The number of epoxide rings is 1. The van der Waals surface area contributed by atoms with Crippen molar-refractivity contribution in [1.29, 1.82) is 0 Å². The van der Waals surface area contributed by atoms with Gasteiger partial charge in [-0.25, -0.2) is 4.98 Å². The number of rotatable bonds is 3. The molecule has 0 radical (unpaired) electrons. The maximum atomic E-state index is 6.34. The van der Waals surface area contributed by atoms with E-state index in [-0.39, 0.29) is 6.10 Å². The largest absolute Gasteiger partial charge is 0.348 e. The minimum Gasteiger partial charge on any atom is -0.348 e. The van der Waals surface area contributed by atoms with Crippen molar-refractivity contribution in [1.82, 2.24) is 4.98 Å². The van der Waals surface area contributed by atoms with E-state index in [0.29, 0.717) is 0 Å². The topological polar surface area (TPSA) is 25.4 Å². The zero-order chi connectivity index (χ0) is 16.0. The van der Waals surface area contributed by atoms with Crippen molar-refractivity contribution in [2.75, 3.05) is 0 Å². The van der Waals surface area contributed by atoms with E-state index in [4.69, 9.17) is 9.72 Å². The van der Waals surface area contributed by atoms with Gasteiger partial charge >= 0.3 is 0 Å². The zero-order valence-electron chi connectivity index (χ0n) is 12.9. The second-order valence-corrected chi connectivity index (χ2v) is 7.05. The van der Waals surface area contributed by atoms with Crippen LogP contribution in [0.25, 0.3) is 10.2 Å². The molecule has 2 heterocycles. The second-order valence-electron chi connectivity index (χ2n) is 5.99. The van der Waals surface area contributed by atoms with Gasteiger partial charge in [0.1, 0.15) is 11.1 Å². The molecule has 2 nitrogen and oxygen atoms in total. The third kappa shape index (κ3) is 2.02. The van der Waals surface area contributed by atoms with Gasteiger partial charge in [-0.3, -0.25) is 0 Å². The number of thiazole rings is 1. The average molecular weight is 329 g/mol.